The molecular weight excluding hydrogens is 260 g/mol. The molecule has 0 aromatic heterocycles. The van der Waals surface area contributed by atoms with Crippen molar-refractivity contribution in [3.8, 4) is 0 Å². The molecule has 18 heavy (non-hydrogen) atoms. The lowest BCUT2D eigenvalue weighted by molar-refractivity contribution is -0.147. The summed E-state index contributed by atoms with van der Waals surface area (Å²) < 4.78 is 10.0. The molecule has 0 aliphatic carbocycles. The quantitative estimate of drug-likeness (QED) is 0.677. The van der Waals surface area contributed by atoms with Crippen LogP contribution in [0.3, 0.4) is 0 Å². The summed E-state index contributed by atoms with van der Waals surface area (Å²) in [6.07, 6.45) is 0. The van der Waals surface area contributed by atoms with Gasteiger partial charge in [-0.2, -0.15) is 0 Å². The maximum atomic E-state index is 11.7. The summed E-state index contributed by atoms with van der Waals surface area (Å²) >= 11 is 0. The SMILES string of the molecule is CCOC(=O)C(C)CNC(=O)C1COCCN1.Cl. The van der Waals surface area contributed by atoms with Crippen molar-refractivity contribution in [2.45, 2.75) is 19.9 Å². The third-order valence-electron chi connectivity index (χ3n) is 2.51. The second-order valence-electron chi connectivity index (χ2n) is 3.98. The van der Waals surface area contributed by atoms with Crippen molar-refractivity contribution in [3.63, 3.8) is 0 Å². The number of carbonyl (C=O) groups is 2. The van der Waals surface area contributed by atoms with Crippen LogP contribution in [0.1, 0.15) is 13.8 Å². The van der Waals surface area contributed by atoms with Crippen LogP contribution in [-0.4, -0.2) is 50.8 Å². The number of hydrogen-bond acceptors (Lipinski definition) is 5. The number of morpholine rings is 1. The van der Waals surface area contributed by atoms with Crippen LogP contribution in [-0.2, 0) is 19.1 Å². The van der Waals surface area contributed by atoms with Gasteiger partial charge in [0.2, 0.25) is 5.91 Å². The molecule has 1 saturated heterocycles. The van der Waals surface area contributed by atoms with Gasteiger partial charge in [-0.15, -0.1) is 12.4 Å². The van der Waals surface area contributed by atoms with Crippen molar-refractivity contribution >= 4 is 24.3 Å². The van der Waals surface area contributed by atoms with Gasteiger partial charge in [0.25, 0.3) is 0 Å². The highest BCUT2D eigenvalue weighted by atomic mass is 35.5. The number of nitrogens with one attached hydrogen (secondary N) is 2. The molecule has 0 aromatic carbocycles. The molecule has 1 aliphatic rings. The minimum Gasteiger partial charge on any atom is -0.466 e. The Morgan fingerprint density at radius 3 is 2.83 bits per heavy atom. The van der Waals surface area contributed by atoms with Crippen molar-refractivity contribution in [2.24, 2.45) is 5.92 Å². The largest absolute Gasteiger partial charge is 0.466 e. The molecular formula is C11H21ClN2O4. The van der Waals surface area contributed by atoms with Gasteiger partial charge >= 0.3 is 5.97 Å². The minimum atomic E-state index is -0.330. The van der Waals surface area contributed by atoms with Crippen LogP contribution >= 0.6 is 12.4 Å². The van der Waals surface area contributed by atoms with Crippen LogP contribution in [0.25, 0.3) is 0 Å². The maximum absolute atomic E-state index is 11.7. The molecule has 106 valence electrons. The van der Waals surface area contributed by atoms with Gasteiger partial charge in [-0.3, -0.25) is 9.59 Å². The molecule has 1 heterocycles. The van der Waals surface area contributed by atoms with Crippen LogP contribution in [0, 0.1) is 5.92 Å². The number of halogens is 1. The average molecular weight is 281 g/mol. The van der Waals surface area contributed by atoms with Crippen molar-refractivity contribution in [2.75, 3.05) is 32.9 Å². The van der Waals surface area contributed by atoms with Crippen LogP contribution in [0.2, 0.25) is 0 Å². The Kier molecular flexibility index (Phi) is 8.70. The number of rotatable bonds is 5. The van der Waals surface area contributed by atoms with E-state index in [2.05, 4.69) is 10.6 Å². The van der Waals surface area contributed by atoms with Gasteiger partial charge in [0.05, 0.1) is 25.7 Å². The summed E-state index contributed by atoms with van der Waals surface area (Å²) in [5.41, 5.74) is 0. The van der Waals surface area contributed by atoms with Crippen LogP contribution in [0.15, 0.2) is 0 Å². The summed E-state index contributed by atoms with van der Waals surface area (Å²) in [5, 5.41) is 5.75. The molecule has 2 atom stereocenters. The summed E-state index contributed by atoms with van der Waals surface area (Å²) in [7, 11) is 0. The Hall–Kier alpha value is -0.850. The van der Waals surface area contributed by atoms with Gasteiger partial charge < -0.3 is 20.1 Å². The Labute approximate surface area is 113 Å². The number of amides is 1. The predicted molar refractivity (Wildman–Crippen MR) is 68.7 cm³/mol. The normalized spacial score (nSPS) is 20.4. The maximum Gasteiger partial charge on any atom is 0.310 e. The first-order chi connectivity index (χ1) is 8.15. The summed E-state index contributed by atoms with van der Waals surface area (Å²) in [6.45, 7) is 5.80. The van der Waals surface area contributed by atoms with Crippen LogP contribution in [0.5, 0.6) is 0 Å². The van der Waals surface area contributed by atoms with Gasteiger partial charge in [-0.05, 0) is 6.92 Å². The second kappa shape index (κ2) is 9.13. The predicted octanol–water partition coefficient (Wildman–Crippen LogP) is -0.288. The molecule has 2 unspecified atom stereocenters. The first-order valence-corrected chi connectivity index (χ1v) is 5.90. The van der Waals surface area contributed by atoms with E-state index in [1.807, 2.05) is 0 Å². The van der Waals surface area contributed by atoms with Crippen molar-refractivity contribution < 1.29 is 19.1 Å². The molecule has 1 amide bonds. The Morgan fingerprint density at radius 1 is 1.56 bits per heavy atom. The molecule has 0 saturated carbocycles. The summed E-state index contributed by atoms with van der Waals surface area (Å²) in [4.78, 5) is 23.0. The second-order valence-corrected chi connectivity index (χ2v) is 3.98. The zero-order chi connectivity index (χ0) is 12.7. The highest BCUT2D eigenvalue weighted by molar-refractivity contribution is 5.85. The smallest absolute Gasteiger partial charge is 0.310 e. The number of ether oxygens (including phenoxy) is 2. The fourth-order valence-electron chi connectivity index (χ4n) is 1.48. The molecule has 0 radical (unpaired) electrons. The van der Waals surface area contributed by atoms with Gasteiger partial charge in [-0.25, -0.2) is 0 Å². The Balaban J connectivity index is 0.00000289. The van der Waals surface area contributed by atoms with Crippen molar-refractivity contribution in [3.05, 3.63) is 0 Å². The average Bonchev–Trinajstić information content (AvgIpc) is 2.36. The fourth-order valence-corrected chi connectivity index (χ4v) is 1.48. The Bertz CT molecular complexity index is 270. The molecule has 1 aliphatic heterocycles. The first-order valence-electron chi connectivity index (χ1n) is 5.90. The third-order valence-corrected chi connectivity index (χ3v) is 2.51. The highest BCUT2D eigenvalue weighted by Crippen LogP contribution is 1.98. The number of esters is 1. The molecule has 2 N–H and O–H groups in total. The van der Waals surface area contributed by atoms with Crippen LogP contribution in [0.4, 0.5) is 0 Å². The monoisotopic (exact) mass is 280 g/mol. The Morgan fingerprint density at radius 2 is 2.28 bits per heavy atom. The molecule has 7 heteroatoms. The third kappa shape index (κ3) is 5.66. The lowest BCUT2D eigenvalue weighted by atomic mass is 10.1. The molecule has 6 nitrogen and oxygen atoms in total. The fraction of sp³-hybridized carbons (Fsp3) is 0.818. The van der Waals surface area contributed by atoms with Gasteiger partial charge in [0.15, 0.2) is 0 Å². The summed E-state index contributed by atoms with van der Waals surface area (Å²) in [5.74, 6) is -0.759. The number of hydrogen-bond donors (Lipinski definition) is 2. The molecule has 1 fully saturated rings. The van der Waals surface area contributed by atoms with E-state index in [0.717, 1.165) is 0 Å². The molecule has 1 rings (SSSR count). The topological polar surface area (TPSA) is 76.7 Å². The van der Waals surface area contributed by atoms with Gasteiger partial charge in [-0.1, -0.05) is 6.92 Å². The van der Waals surface area contributed by atoms with Gasteiger partial charge in [0.1, 0.15) is 6.04 Å². The summed E-state index contributed by atoms with van der Waals surface area (Å²) in [6, 6.07) is -0.321. The van der Waals surface area contributed by atoms with Crippen molar-refractivity contribution in [1.29, 1.82) is 0 Å². The van der Waals surface area contributed by atoms with E-state index in [1.54, 1.807) is 13.8 Å². The first kappa shape index (κ1) is 17.2. The zero-order valence-corrected chi connectivity index (χ0v) is 11.5. The van der Waals surface area contributed by atoms with Gasteiger partial charge in [0, 0.05) is 13.1 Å². The van der Waals surface area contributed by atoms with Crippen LogP contribution < -0.4 is 10.6 Å². The van der Waals surface area contributed by atoms with E-state index in [0.29, 0.717) is 26.4 Å². The van der Waals surface area contributed by atoms with E-state index in [1.165, 1.54) is 0 Å². The molecule has 0 bridgehead atoms. The minimum absolute atomic E-state index is 0. The van der Waals surface area contributed by atoms with E-state index < -0.39 is 0 Å². The van der Waals surface area contributed by atoms with E-state index in [-0.39, 0.29) is 42.8 Å². The van der Waals surface area contributed by atoms with E-state index >= 15 is 0 Å². The van der Waals surface area contributed by atoms with E-state index in [9.17, 15) is 9.59 Å². The van der Waals surface area contributed by atoms with Crippen molar-refractivity contribution in [1.82, 2.24) is 10.6 Å². The zero-order valence-electron chi connectivity index (χ0n) is 10.7. The standard InChI is InChI=1S/C11H20N2O4.ClH/c1-3-17-11(15)8(2)6-13-10(14)9-7-16-5-4-12-9;/h8-9,12H,3-7H2,1-2H3,(H,13,14);1H. The lowest BCUT2D eigenvalue weighted by Gasteiger charge is -2.23. The number of carbonyl (C=O) groups excluding carboxylic acids is 2. The highest BCUT2D eigenvalue weighted by Gasteiger charge is 2.22. The molecule has 0 spiro atoms. The van der Waals surface area contributed by atoms with E-state index in [4.69, 9.17) is 9.47 Å². The lowest BCUT2D eigenvalue weighted by Crippen LogP contribution is -2.52. The molecule has 0 aromatic rings.